The first-order valence-corrected chi connectivity index (χ1v) is 11.4. The van der Waals surface area contributed by atoms with Crippen LogP contribution in [-0.2, 0) is 4.79 Å². The number of rotatable bonds is 4. The Labute approximate surface area is 187 Å². The SMILES string of the molecule is CC(C)C(=O)N1CCC(c2nc(C3CCCN(C(=O)c4cnccn4)C3)cc(=O)[nH]2)CC1. The van der Waals surface area contributed by atoms with Crippen molar-refractivity contribution in [1.29, 1.82) is 0 Å². The van der Waals surface area contributed by atoms with Gasteiger partial charge in [-0.2, -0.15) is 0 Å². The lowest BCUT2D eigenvalue weighted by molar-refractivity contribution is -0.135. The molecule has 2 aromatic rings. The number of hydrogen-bond acceptors (Lipinski definition) is 6. The maximum atomic E-state index is 12.8. The van der Waals surface area contributed by atoms with Crippen molar-refractivity contribution >= 4 is 11.8 Å². The van der Waals surface area contributed by atoms with Gasteiger partial charge in [0.05, 0.1) is 11.9 Å². The number of aromatic amines is 1. The van der Waals surface area contributed by atoms with Gasteiger partial charge in [-0.1, -0.05) is 13.8 Å². The molecule has 0 aliphatic carbocycles. The number of aromatic nitrogens is 4. The van der Waals surface area contributed by atoms with Crippen LogP contribution in [0.15, 0.2) is 29.5 Å². The molecule has 32 heavy (non-hydrogen) atoms. The summed E-state index contributed by atoms with van der Waals surface area (Å²) in [5.41, 5.74) is 0.902. The molecular formula is C23H30N6O3. The molecule has 0 bridgehead atoms. The second kappa shape index (κ2) is 9.58. The first-order chi connectivity index (χ1) is 15.4. The quantitative estimate of drug-likeness (QED) is 0.781. The summed E-state index contributed by atoms with van der Waals surface area (Å²) in [5.74, 6) is 0.852. The highest BCUT2D eigenvalue weighted by Crippen LogP contribution is 2.29. The third-order valence-electron chi connectivity index (χ3n) is 6.38. The number of nitrogens with one attached hydrogen (secondary N) is 1. The number of carbonyl (C=O) groups excluding carboxylic acids is 2. The largest absolute Gasteiger partial charge is 0.342 e. The maximum Gasteiger partial charge on any atom is 0.274 e. The fourth-order valence-electron chi connectivity index (χ4n) is 4.61. The van der Waals surface area contributed by atoms with Crippen LogP contribution in [0.2, 0.25) is 0 Å². The summed E-state index contributed by atoms with van der Waals surface area (Å²) in [4.78, 5) is 57.0. The molecule has 0 saturated carbocycles. The van der Waals surface area contributed by atoms with Gasteiger partial charge in [-0.25, -0.2) is 9.97 Å². The van der Waals surface area contributed by atoms with E-state index in [1.165, 1.54) is 12.4 Å². The zero-order valence-corrected chi connectivity index (χ0v) is 18.7. The van der Waals surface area contributed by atoms with Crippen LogP contribution in [0.3, 0.4) is 0 Å². The van der Waals surface area contributed by atoms with Crippen LogP contribution in [0.1, 0.15) is 73.4 Å². The zero-order chi connectivity index (χ0) is 22.7. The predicted molar refractivity (Wildman–Crippen MR) is 118 cm³/mol. The second-order valence-corrected chi connectivity index (χ2v) is 8.99. The molecule has 2 saturated heterocycles. The Morgan fingerprint density at radius 1 is 1.06 bits per heavy atom. The minimum absolute atomic E-state index is 0.00743. The van der Waals surface area contributed by atoms with Gasteiger partial charge in [0.1, 0.15) is 11.5 Å². The summed E-state index contributed by atoms with van der Waals surface area (Å²) in [6.45, 7) is 6.36. The Balaban J connectivity index is 1.46. The smallest absolute Gasteiger partial charge is 0.274 e. The molecular weight excluding hydrogens is 408 g/mol. The van der Waals surface area contributed by atoms with Gasteiger partial charge in [0.15, 0.2) is 0 Å². The standard InChI is InChI=1S/C23H30N6O3/c1-15(2)22(31)28-10-5-16(6-11-28)21-26-18(12-20(30)27-21)17-4-3-9-29(14-17)23(32)19-13-24-7-8-25-19/h7-8,12-13,15-17H,3-6,9-11,14H2,1-2H3,(H,26,27,30). The summed E-state index contributed by atoms with van der Waals surface area (Å²) >= 11 is 0. The summed E-state index contributed by atoms with van der Waals surface area (Å²) in [6, 6.07) is 1.56. The van der Waals surface area contributed by atoms with Crippen LogP contribution in [0, 0.1) is 5.92 Å². The molecule has 2 aliphatic rings. The van der Waals surface area contributed by atoms with E-state index in [1.807, 2.05) is 18.7 Å². The number of hydrogen-bond donors (Lipinski definition) is 1. The topological polar surface area (TPSA) is 112 Å². The van der Waals surface area contributed by atoms with E-state index in [0.717, 1.165) is 31.4 Å². The van der Waals surface area contributed by atoms with Crippen molar-refractivity contribution in [3.05, 3.63) is 52.2 Å². The van der Waals surface area contributed by atoms with E-state index >= 15 is 0 Å². The first-order valence-electron chi connectivity index (χ1n) is 11.4. The highest BCUT2D eigenvalue weighted by atomic mass is 16.2. The average Bonchev–Trinajstić information content (AvgIpc) is 2.83. The number of carbonyl (C=O) groups is 2. The summed E-state index contributed by atoms with van der Waals surface area (Å²) in [5, 5.41) is 0. The van der Waals surface area contributed by atoms with E-state index in [0.29, 0.717) is 37.7 Å². The summed E-state index contributed by atoms with van der Waals surface area (Å²) in [7, 11) is 0. The maximum absolute atomic E-state index is 12.8. The number of amides is 2. The fraction of sp³-hybridized carbons (Fsp3) is 0.565. The van der Waals surface area contributed by atoms with Crippen molar-refractivity contribution in [3.63, 3.8) is 0 Å². The molecule has 9 nitrogen and oxygen atoms in total. The Morgan fingerprint density at radius 3 is 2.53 bits per heavy atom. The van der Waals surface area contributed by atoms with Crippen LogP contribution in [0.4, 0.5) is 0 Å². The van der Waals surface area contributed by atoms with Crippen molar-refractivity contribution in [3.8, 4) is 0 Å². The minimum atomic E-state index is -0.164. The molecule has 170 valence electrons. The Kier molecular flexibility index (Phi) is 6.62. The van der Waals surface area contributed by atoms with Crippen molar-refractivity contribution < 1.29 is 9.59 Å². The molecule has 9 heteroatoms. The van der Waals surface area contributed by atoms with E-state index in [1.54, 1.807) is 17.2 Å². The van der Waals surface area contributed by atoms with Gasteiger partial charge in [0.2, 0.25) is 5.91 Å². The lowest BCUT2D eigenvalue weighted by atomic mass is 9.92. The van der Waals surface area contributed by atoms with Crippen LogP contribution < -0.4 is 5.56 Å². The third-order valence-corrected chi connectivity index (χ3v) is 6.38. The first kappa shape index (κ1) is 22.1. The number of nitrogens with zero attached hydrogens (tertiary/aromatic N) is 5. The third kappa shape index (κ3) is 4.87. The van der Waals surface area contributed by atoms with Crippen molar-refractivity contribution in [2.75, 3.05) is 26.2 Å². The van der Waals surface area contributed by atoms with E-state index in [-0.39, 0.29) is 35.1 Å². The monoisotopic (exact) mass is 438 g/mol. The summed E-state index contributed by atoms with van der Waals surface area (Å²) < 4.78 is 0. The average molecular weight is 439 g/mol. The second-order valence-electron chi connectivity index (χ2n) is 8.99. The highest BCUT2D eigenvalue weighted by molar-refractivity contribution is 5.92. The molecule has 2 aliphatic heterocycles. The van der Waals surface area contributed by atoms with Gasteiger partial charge in [-0.15, -0.1) is 0 Å². The number of H-pyrrole nitrogens is 1. The fourth-order valence-corrected chi connectivity index (χ4v) is 4.61. The number of likely N-dealkylation sites (tertiary alicyclic amines) is 2. The van der Waals surface area contributed by atoms with Gasteiger partial charge >= 0.3 is 0 Å². The molecule has 1 unspecified atom stereocenters. The number of piperidine rings is 2. The molecule has 2 fully saturated rings. The molecule has 0 radical (unpaired) electrons. The predicted octanol–water partition coefficient (Wildman–Crippen LogP) is 1.94. The molecule has 4 heterocycles. The van der Waals surface area contributed by atoms with E-state index < -0.39 is 0 Å². The van der Waals surface area contributed by atoms with Crippen LogP contribution in [0.5, 0.6) is 0 Å². The van der Waals surface area contributed by atoms with Gasteiger partial charge in [-0.3, -0.25) is 19.4 Å². The molecule has 2 amide bonds. The molecule has 0 spiro atoms. The zero-order valence-electron chi connectivity index (χ0n) is 18.7. The van der Waals surface area contributed by atoms with Gasteiger partial charge in [-0.05, 0) is 25.7 Å². The molecule has 1 atom stereocenters. The molecule has 2 aromatic heterocycles. The molecule has 0 aromatic carbocycles. The minimum Gasteiger partial charge on any atom is -0.342 e. The lowest BCUT2D eigenvalue weighted by Crippen LogP contribution is -2.41. The van der Waals surface area contributed by atoms with E-state index in [4.69, 9.17) is 4.98 Å². The Morgan fingerprint density at radius 2 is 1.84 bits per heavy atom. The van der Waals surface area contributed by atoms with Gasteiger partial charge in [0.25, 0.3) is 11.5 Å². The van der Waals surface area contributed by atoms with Crippen LogP contribution in [0.25, 0.3) is 0 Å². The highest BCUT2D eigenvalue weighted by Gasteiger charge is 2.30. The van der Waals surface area contributed by atoms with Crippen molar-refractivity contribution in [2.45, 2.75) is 51.4 Å². The lowest BCUT2D eigenvalue weighted by Gasteiger charge is -2.34. The van der Waals surface area contributed by atoms with Crippen LogP contribution in [-0.4, -0.2) is 67.7 Å². The van der Waals surface area contributed by atoms with Crippen molar-refractivity contribution in [1.82, 2.24) is 29.7 Å². The van der Waals surface area contributed by atoms with E-state index in [9.17, 15) is 14.4 Å². The normalized spacial score (nSPS) is 19.9. The van der Waals surface area contributed by atoms with Crippen molar-refractivity contribution in [2.24, 2.45) is 5.92 Å². The summed E-state index contributed by atoms with van der Waals surface area (Å²) in [6.07, 6.45) is 7.82. The van der Waals surface area contributed by atoms with Gasteiger partial charge < -0.3 is 14.8 Å². The van der Waals surface area contributed by atoms with Gasteiger partial charge in [0, 0.05) is 62.4 Å². The Bertz CT molecular complexity index is 1010. The van der Waals surface area contributed by atoms with Crippen LogP contribution >= 0.6 is 0 Å². The Hall–Kier alpha value is -3.10. The molecule has 4 rings (SSSR count). The van der Waals surface area contributed by atoms with E-state index in [2.05, 4.69) is 15.0 Å². The molecule has 1 N–H and O–H groups in total.